The molecule has 1 aliphatic heterocycles. The second kappa shape index (κ2) is 8.88. The van der Waals surface area contributed by atoms with Crippen molar-refractivity contribution < 1.29 is 9.59 Å². The van der Waals surface area contributed by atoms with Crippen LogP contribution in [-0.4, -0.2) is 43.0 Å². The van der Waals surface area contributed by atoms with Crippen molar-refractivity contribution in [2.24, 2.45) is 11.3 Å². The van der Waals surface area contributed by atoms with E-state index in [0.717, 1.165) is 32.4 Å². The number of nitrogens with one attached hydrogen (secondary N) is 2. The predicted molar refractivity (Wildman–Crippen MR) is 100 cm³/mol. The Kier molecular flexibility index (Phi) is 6.85. The molecule has 2 rings (SSSR count). The number of rotatable bonds is 6. The minimum atomic E-state index is -0.102. The van der Waals surface area contributed by atoms with Crippen LogP contribution in [-0.2, 0) is 11.2 Å². The second-order valence-electron chi connectivity index (χ2n) is 7.84. The molecule has 138 valence electrons. The van der Waals surface area contributed by atoms with Gasteiger partial charge in [-0.15, -0.1) is 0 Å². The van der Waals surface area contributed by atoms with Gasteiger partial charge in [-0.2, -0.15) is 0 Å². The minimum absolute atomic E-state index is 0.00548. The highest BCUT2D eigenvalue weighted by Crippen LogP contribution is 2.20. The Balaban J connectivity index is 1.66. The third-order valence-corrected chi connectivity index (χ3v) is 4.86. The normalized spacial score (nSPS) is 15.7. The summed E-state index contributed by atoms with van der Waals surface area (Å²) in [7, 11) is 0. The molecule has 5 nitrogen and oxygen atoms in total. The van der Waals surface area contributed by atoms with E-state index in [1.165, 1.54) is 5.56 Å². The summed E-state index contributed by atoms with van der Waals surface area (Å²) in [5.74, 6) is 0.600. The molecule has 5 heteroatoms. The molecule has 1 fully saturated rings. The minimum Gasteiger partial charge on any atom is -0.343 e. The smallest absolute Gasteiger partial charge is 0.314 e. The molecule has 1 aromatic carbocycles. The highest BCUT2D eigenvalue weighted by molar-refractivity contribution is 5.74. The number of carbonyl (C=O) groups excluding carboxylic acids is 2. The molecule has 2 N–H and O–H groups in total. The van der Waals surface area contributed by atoms with Crippen LogP contribution in [0.25, 0.3) is 0 Å². The highest BCUT2D eigenvalue weighted by Gasteiger charge is 2.22. The van der Waals surface area contributed by atoms with Crippen molar-refractivity contribution in [1.29, 1.82) is 0 Å². The van der Waals surface area contributed by atoms with Gasteiger partial charge in [0, 0.05) is 33.1 Å². The van der Waals surface area contributed by atoms with Crippen molar-refractivity contribution in [3.05, 3.63) is 35.9 Å². The summed E-state index contributed by atoms with van der Waals surface area (Å²) in [6.07, 6.45) is 2.84. The van der Waals surface area contributed by atoms with Gasteiger partial charge in [0.2, 0.25) is 5.91 Å². The lowest BCUT2D eigenvalue weighted by Crippen LogP contribution is -2.45. The van der Waals surface area contributed by atoms with Crippen molar-refractivity contribution in [1.82, 2.24) is 15.5 Å². The summed E-state index contributed by atoms with van der Waals surface area (Å²) in [6.45, 7) is 8.85. The number of hydrogen-bond acceptors (Lipinski definition) is 2. The lowest BCUT2D eigenvalue weighted by atomic mass is 9.86. The molecule has 1 heterocycles. The van der Waals surface area contributed by atoms with E-state index in [0.29, 0.717) is 19.0 Å². The van der Waals surface area contributed by atoms with E-state index < -0.39 is 0 Å². The van der Waals surface area contributed by atoms with Gasteiger partial charge in [-0.1, -0.05) is 44.2 Å². The van der Waals surface area contributed by atoms with Crippen LogP contribution in [0.4, 0.5) is 4.79 Å². The molecule has 1 saturated heterocycles. The SMILES string of the molecule is CC(=O)N1CCC(CNC(=O)NCC(C)(C)Cc2ccccc2)CC1. The first-order valence-electron chi connectivity index (χ1n) is 9.17. The van der Waals surface area contributed by atoms with Crippen molar-refractivity contribution in [3.63, 3.8) is 0 Å². The average Bonchev–Trinajstić information content (AvgIpc) is 2.59. The Morgan fingerprint density at radius 1 is 1.12 bits per heavy atom. The quantitative estimate of drug-likeness (QED) is 0.833. The number of piperidine rings is 1. The molecule has 0 saturated carbocycles. The number of likely N-dealkylation sites (tertiary alicyclic amines) is 1. The number of carbonyl (C=O) groups is 2. The summed E-state index contributed by atoms with van der Waals surface area (Å²) in [6, 6.07) is 10.2. The molecule has 0 radical (unpaired) electrons. The maximum Gasteiger partial charge on any atom is 0.314 e. The fourth-order valence-corrected chi connectivity index (χ4v) is 3.28. The second-order valence-corrected chi connectivity index (χ2v) is 7.84. The van der Waals surface area contributed by atoms with Gasteiger partial charge in [-0.05, 0) is 36.2 Å². The maximum atomic E-state index is 12.1. The first kappa shape index (κ1) is 19.3. The number of urea groups is 1. The van der Waals surface area contributed by atoms with Crippen LogP contribution >= 0.6 is 0 Å². The van der Waals surface area contributed by atoms with E-state index in [1.807, 2.05) is 23.1 Å². The van der Waals surface area contributed by atoms with Gasteiger partial charge < -0.3 is 15.5 Å². The number of nitrogens with zero attached hydrogens (tertiary/aromatic N) is 1. The van der Waals surface area contributed by atoms with Crippen molar-refractivity contribution >= 4 is 11.9 Å². The zero-order valence-corrected chi connectivity index (χ0v) is 15.7. The van der Waals surface area contributed by atoms with Crippen LogP contribution in [0.1, 0.15) is 39.2 Å². The van der Waals surface area contributed by atoms with Gasteiger partial charge in [0.1, 0.15) is 0 Å². The molecule has 0 bridgehead atoms. The van der Waals surface area contributed by atoms with Crippen LogP contribution in [0.15, 0.2) is 30.3 Å². The Hall–Kier alpha value is -2.04. The van der Waals surface area contributed by atoms with Gasteiger partial charge in [-0.3, -0.25) is 4.79 Å². The highest BCUT2D eigenvalue weighted by atomic mass is 16.2. The Morgan fingerprint density at radius 3 is 2.36 bits per heavy atom. The molecular formula is C20H31N3O2. The van der Waals surface area contributed by atoms with Crippen molar-refractivity contribution in [2.75, 3.05) is 26.2 Å². The molecule has 0 unspecified atom stereocenters. The average molecular weight is 345 g/mol. The van der Waals surface area contributed by atoms with Crippen LogP contribution in [0, 0.1) is 11.3 Å². The van der Waals surface area contributed by atoms with E-state index in [4.69, 9.17) is 0 Å². The summed E-state index contributed by atoms with van der Waals surface area (Å²) in [4.78, 5) is 25.3. The van der Waals surface area contributed by atoms with E-state index in [9.17, 15) is 9.59 Å². The summed E-state index contributed by atoms with van der Waals surface area (Å²) in [5, 5.41) is 5.97. The third-order valence-electron chi connectivity index (χ3n) is 4.86. The molecule has 0 aliphatic carbocycles. The summed E-state index contributed by atoms with van der Waals surface area (Å²) in [5.41, 5.74) is 1.29. The first-order valence-corrected chi connectivity index (χ1v) is 9.17. The van der Waals surface area contributed by atoms with Gasteiger partial charge in [0.15, 0.2) is 0 Å². The Labute approximate surface area is 151 Å². The van der Waals surface area contributed by atoms with E-state index >= 15 is 0 Å². The summed E-state index contributed by atoms with van der Waals surface area (Å²) < 4.78 is 0. The lowest BCUT2D eigenvalue weighted by Gasteiger charge is -2.31. The van der Waals surface area contributed by atoms with Crippen LogP contribution in [0.5, 0.6) is 0 Å². The zero-order valence-electron chi connectivity index (χ0n) is 15.7. The first-order chi connectivity index (χ1) is 11.9. The van der Waals surface area contributed by atoms with E-state index in [2.05, 4.69) is 36.6 Å². The monoisotopic (exact) mass is 345 g/mol. The van der Waals surface area contributed by atoms with E-state index in [-0.39, 0.29) is 17.4 Å². The predicted octanol–water partition coefficient (Wildman–Crippen LogP) is 2.81. The van der Waals surface area contributed by atoms with Gasteiger partial charge in [0.25, 0.3) is 0 Å². The molecular weight excluding hydrogens is 314 g/mol. The fourth-order valence-electron chi connectivity index (χ4n) is 3.28. The summed E-state index contributed by atoms with van der Waals surface area (Å²) >= 11 is 0. The number of hydrogen-bond donors (Lipinski definition) is 2. The Morgan fingerprint density at radius 2 is 1.76 bits per heavy atom. The van der Waals surface area contributed by atoms with Crippen molar-refractivity contribution in [3.8, 4) is 0 Å². The van der Waals surface area contributed by atoms with Crippen molar-refractivity contribution in [2.45, 2.75) is 40.0 Å². The lowest BCUT2D eigenvalue weighted by molar-refractivity contribution is -0.130. The molecule has 25 heavy (non-hydrogen) atoms. The maximum absolute atomic E-state index is 12.1. The van der Waals surface area contributed by atoms with Gasteiger partial charge in [-0.25, -0.2) is 4.79 Å². The molecule has 3 amide bonds. The van der Waals surface area contributed by atoms with Gasteiger partial charge in [0.05, 0.1) is 0 Å². The molecule has 0 spiro atoms. The fraction of sp³-hybridized carbons (Fsp3) is 0.600. The molecule has 0 aromatic heterocycles. The number of benzene rings is 1. The standard InChI is InChI=1S/C20H31N3O2/c1-16(24)23-11-9-18(10-12-23)14-21-19(25)22-15-20(2,3)13-17-7-5-4-6-8-17/h4-8,18H,9-15H2,1-3H3,(H2,21,22,25). The van der Waals surface area contributed by atoms with Crippen LogP contribution < -0.4 is 10.6 Å². The molecule has 0 atom stereocenters. The topological polar surface area (TPSA) is 61.4 Å². The molecule has 1 aliphatic rings. The number of amides is 3. The zero-order chi connectivity index (χ0) is 18.3. The Bertz CT molecular complexity index is 564. The van der Waals surface area contributed by atoms with Gasteiger partial charge >= 0.3 is 6.03 Å². The van der Waals surface area contributed by atoms with Crippen LogP contribution in [0.2, 0.25) is 0 Å². The largest absolute Gasteiger partial charge is 0.343 e. The van der Waals surface area contributed by atoms with E-state index in [1.54, 1.807) is 6.92 Å². The van der Waals surface area contributed by atoms with Crippen LogP contribution in [0.3, 0.4) is 0 Å². The molecule has 1 aromatic rings. The third kappa shape index (κ3) is 6.77.